The summed E-state index contributed by atoms with van der Waals surface area (Å²) in [5, 5.41) is 3.11. The van der Waals surface area contributed by atoms with Crippen LogP contribution in [0, 0.1) is 11.8 Å². The molecule has 1 aliphatic carbocycles. The summed E-state index contributed by atoms with van der Waals surface area (Å²) in [5.74, 6) is 1.23. The van der Waals surface area contributed by atoms with Gasteiger partial charge in [-0.25, -0.2) is 0 Å². The van der Waals surface area contributed by atoms with Crippen molar-refractivity contribution in [2.75, 3.05) is 0 Å². The van der Waals surface area contributed by atoms with E-state index >= 15 is 0 Å². The van der Waals surface area contributed by atoms with E-state index < -0.39 is 0 Å². The topological polar surface area (TPSA) is 46.2 Å². The second-order valence-corrected chi connectivity index (χ2v) is 6.23. The van der Waals surface area contributed by atoms with Crippen molar-refractivity contribution in [2.24, 2.45) is 11.8 Å². The molecule has 1 amide bonds. The van der Waals surface area contributed by atoms with Gasteiger partial charge < -0.3 is 5.32 Å². The second-order valence-electron chi connectivity index (χ2n) is 6.23. The van der Waals surface area contributed by atoms with E-state index in [1.54, 1.807) is 12.1 Å². The molecule has 0 aromatic heterocycles. The molecule has 0 saturated heterocycles. The molecule has 0 heterocycles. The lowest BCUT2D eigenvalue weighted by Crippen LogP contribution is -2.43. The maximum absolute atomic E-state index is 12.0. The summed E-state index contributed by atoms with van der Waals surface area (Å²) in [6.45, 7) is 4.46. The smallest absolute Gasteiger partial charge is 0.220 e. The lowest BCUT2D eigenvalue weighted by atomic mass is 9.78. The molecule has 114 valence electrons. The number of nitrogens with one attached hydrogen (secondary N) is 1. The fourth-order valence-electron chi connectivity index (χ4n) is 3.06. The fourth-order valence-corrected chi connectivity index (χ4v) is 3.06. The van der Waals surface area contributed by atoms with Gasteiger partial charge in [0.25, 0.3) is 0 Å². The molecule has 3 nitrogen and oxygen atoms in total. The Balaban J connectivity index is 1.78. The van der Waals surface area contributed by atoms with Crippen LogP contribution < -0.4 is 5.32 Å². The third kappa shape index (κ3) is 4.42. The molecule has 1 aromatic carbocycles. The third-order valence-corrected chi connectivity index (χ3v) is 4.73. The zero-order valence-electron chi connectivity index (χ0n) is 13.0. The van der Waals surface area contributed by atoms with Crippen molar-refractivity contribution >= 4 is 11.7 Å². The molecule has 0 bridgehead atoms. The zero-order valence-corrected chi connectivity index (χ0v) is 13.0. The summed E-state index contributed by atoms with van der Waals surface area (Å²) in [4.78, 5) is 24.0. The van der Waals surface area contributed by atoms with Crippen LogP contribution in [0.15, 0.2) is 30.3 Å². The molecule has 2 rings (SSSR count). The average molecular weight is 287 g/mol. The number of benzene rings is 1. The van der Waals surface area contributed by atoms with Crippen molar-refractivity contribution in [3.63, 3.8) is 0 Å². The summed E-state index contributed by atoms with van der Waals surface area (Å²) < 4.78 is 0. The fraction of sp³-hybridized carbons (Fsp3) is 0.556. The predicted molar refractivity (Wildman–Crippen MR) is 84.1 cm³/mol. The SMILES string of the molecule is CC1CCCC(NC(=O)CCC(=O)c2ccccc2)C1C. The summed E-state index contributed by atoms with van der Waals surface area (Å²) in [7, 11) is 0. The first-order valence-corrected chi connectivity index (χ1v) is 7.95. The lowest BCUT2D eigenvalue weighted by molar-refractivity contribution is -0.122. The minimum Gasteiger partial charge on any atom is -0.353 e. The Kier molecular flexibility index (Phi) is 5.54. The van der Waals surface area contributed by atoms with Crippen molar-refractivity contribution in [1.29, 1.82) is 0 Å². The van der Waals surface area contributed by atoms with Gasteiger partial charge in [-0.05, 0) is 18.3 Å². The highest BCUT2D eigenvalue weighted by Gasteiger charge is 2.28. The molecule has 0 aliphatic heterocycles. The molecule has 1 aromatic rings. The second kappa shape index (κ2) is 7.39. The maximum atomic E-state index is 12.0. The van der Waals surface area contributed by atoms with Crippen molar-refractivity contribution in [2.45, 2.75) is 52.0 Å². The zero-order chi connectivity index (χ0) is 15.2. The first-order valence-electron chi connectivity index (χ1n) is 7.95. The van der Waals surface area contributed by atoms with Crippen LogP contribution in [0.3, 0.4) is 0 Å². The Bertz CT molecular complexity index is 483. The standard InChI is InChI=1S/C18H25NO2/c1-13-7-6-10-16(14(13)2)19-18(21)12-11-17(20)15-8-4-3-5-9-15/h3-5,8-9,13-14,16H,6-7,10-12H2,1-2H3,(H,19,21). The van der Waals surface area contributed by atoms with E-state index in [0.717, 1.165) is 6.42 Å². The Hall–Kier alpha value is -1.64. The number of carbonyl (C=O) groups is 2. The molecule has 0 spiro atoms. The van der Waals surface area contributed by atoms with Gasteiger partial charge in [-0.15, -0.1) is 0 Å². The predicted octanol–water partition coefficient (Wildman–Crippen LogP) is 3.59. The van der Waals surface area contributed by atoms with Crippen LogP contribution in [-0.2, 0) is 4.79 Å². The molecule has 0 radical (unpaired) electrons. The van der Waals surface area contributed by atoms with E-state index in [0.29, 0.717) is 17.4 Å². The number of hydrogen-bond donors (Lipinski definition) is 1. The van der Waals surface area contributed by atoms with Crippen molar-refractivity contribution < 1.29 is 9.59 Å². The van der Waals surface area contributed by atoms with Gasteiger partial charge in [0.15, 0.2) is 5.78 Å². The highest BCUT2D eigenvalue weighted by molar-refractivity contribution is 5.97. The number of Topliss-reactive ketones (excluding diaryl/α,β-unsaturated/α-hetero) is 1. The van der Waals surface area contributed by atoms with Gasteiger partial charge in [-0.2, -0.15) is 0 Å². The summed E-state index contributed by atoms with van der Waals surface area (Å²) >= 11 is 0. The van der Waals surface area contributed by atoms with Crippen LogP contribution in [0.4, 0.5) is 0 Å². The molecule has 1 N–H and O–H groups in total. The number of rotatable bonds is 5. The van der Waals surface area contributed by atoms with Crippen LogP contribution in [-0.4, -0.2) is 17.7 Å². The molecule has 21 heavy (non-hydrogen) atoms. The summed E-state index contributed by atoms with van der Waals surface area (Å²) in [6, 6.07) is 9.44. The number of hydrogen-bond acceptors (Lipinski definition) is 2. The van der Waals surface area contributed by atoms with E-state index in [-0.39, 0.29) is 30.6 Å². The highest BCUT2D eigenvalue weighted by atomic mass is 16.2. The van der Waals surface area contributed by atoms with E-state index in [1.165, 1.54) is 12.8 Å². The highest BCUT2D eigenvalue weighted by Crippen LogP contribution is 2.29. The first-order chi connectivity index (χ1) is 10.1. The molecule has 1 aliphatic rings. The summed E-state index contributed by atoms with van der Waals surface area (Å²) in [6.07, 6.45) is 4.06. The van der Waals surface area contributed by atoms with Crippen LogP contribution in [0.5, 0.6) is 0 Å². The molecule has 1 fully saturated rings. The molecule has 1 saturated carbocycles. The van der Waals surface area contributed by atoms with Gasteiger partial charge in [-0.1, -0.05) is 57.0 Å². The van der Waals surface area contributed by atoms with Gasteiger partial charge in [0.05, 0.1) is 0 Å². The Labute approximate surface area is 127 Å². The van der Waals surface area contributed by atoms with Crippen LogP contribution in [0.1, 0.15) is 56.3 Å². The third-order valence-electron chi connectivity index (χ3n) is 4.73. The minimum absolute atomic E-state index is 0.00484. The number of ketones is 1. The van der Waals surface area contributed by atoms with Crippen molar-refractivity contribution in [1.82, 2.24) is 5.32 Å². The molecular formula is C18H25NO2. The quantitative estimate of drug-likeness (QED) is 0.841. The van der Waals surface area contributed by atoms with E-state index in [1.807, 2.05) is 18.2 Å². The molecule has 3 atom stereocenters. The largest absolute Gasteiger partial charge is 0.353 e. The van der Waals surface area contributed by atoms with Gasteiger partial charge in [0, 0.05) is 24.4 Å². The Morgan fingerprint density at radius 2 is 1.81 bits per heavy atom. The monoisotopic (exact) mass is 287 g/mol. The maximum Gasteiger partial charge on any atom is 0.220 e. The molecule has 3 heteroatoms. The average Bonchev–Trinajstić information content (AvgIpc) is 2.50. The van der Waals surface area contributed by atoms with Crippen LogP contribution in [0.25, 0.3) is 0 Å². The van der Waals surface area contributed by atoms with Crippen molar-refractivity contribution in [3.05, 3.63) is 35.9 Å². The summed E-state index contributed by atoms with van der Waals surface area (Å²) in [5.41, 5.74) is 0.685. The lowest BCUT2D eigenvalue weighted by Gasteiger charge is -2.34. The molecule has 3 unspecified atom stereocenters. The minimum atomic E-state index is 0.00484. The normalized spacial score (nSPS) is 25.3. The first kappa shape index (κ1) is 15.7. The van der Waals surface area contributed by atoms with Crippen molar-refractivity contribution in [3.8, 4) is 0 Å². The van der Waals surface area contributed by atoms with Crippen LogP contribution in [0.2, 0.25) is 0 Å². The van der Waals surface area contributed by atoms with E-state index in [9.17, 15) is 9.59 Å². The molecular weight excluding hydrogens is 262 g/mol. The number of carbonyl (C=O) groups excluding carboxylic acids is 2. The van der Waals surface area contributed by atoms with E-state index in [4.69, 9.17) is 0 Å². The van der Waals surface area contributed by atoms with Gasteiger partial charge in [0.2, 0.25) is 5.91 Å². The van der Waals surface area contributed by atoms with Gasteiger partial charge >= 0.3 is 0 Å². The van der Waals surface area contributed by atoms with E-state index in [2.05, 4.69) is 19.2 Å². The Morgan fingerprint density at radius 3 is 2.52 bits per heavy atom. The van der Waals surface area contributed by atoms with Gasteiger partial charge in [-0.3, -0.25) is 9.59 Å². The number of amides is 1. The van der Waals surface area contributed by atoms with Gasteiger partial charge in [0.1, 0.15) is 0 Å². The Morgan fingerprint density at radius 1 is 1.10 bits per heavy atom. The van der Waals surface area contributed by atoms with Crippen LogP contribution >= 0.6 is 0 Å².